The fourth-order valence-corrected chi connectivity index (χ4v) is 2.83. The monoisotopic (exact) mass is 310 g/mol. The van der Waals surface area contributed by atoms with Gasteiger partial charge in [-0.15, -0.1) is 12.4 Å². The van der Waals surface area contributed by atoms with Crippen LogP contribution in [0.4, 0.5) is 0 Å². The minimum absolute atomic E-state index is 0. The van der Waals surface area contributed by atoms with E-state index in [2.05, 4.69) is 29.2 Å². The summed E-state index contributed by atoms with van der Waals surface area (Å²) in [5.74, 6) is 2.57. The Morgan fingerprint density at radius 1 is 1.00 bits per heavy atom. The molecule has 3 nitrogen and oxygen atoms in total. The quantitative estimate of drug-likeness (QED) is 0.877. The second-order valence-corrected chi connectivity index (χ2v) is 6.35. The molecule has 0 atom stereocenters. The van der Waals surface area contributed by atoms with E-state index in [4.69, 9.17) is 10.5 Å². The Hall–Kier alpha value is -0.770. The normalized spacial score (nSPS) is 20.0. The predicted molar refractivity (Wildman–Crippen MR) is 89.0 cm³/mol. The summed E-state index contributed by atoms with van der Waals surface area (Å²) in [6.45, 7) is 5.16. The molecule has 1 aliphatic carbocycles. The van der Waals surface area contributed by atoms with E-state index in [-0.39, 0.29) is 12.4 Å². The molecule has 1 heterocycles. The van der Waals surface area contributed by atoms with Crippen molar-refractivity contribution in [2.24, 2.45) is 17.6 Å². The summed E-state index contributed by atoms with van der Waals surface area (Å²) in [6.07, 6.45) is 5.19. The van der Waals surface area contributed by atoms with Crippen molar-refractivity contribution in [2.45, 2.75) is 32.2 Å². The highest BCUT2D eigenvalue weighted by atomic mass is 35.5. The fourth-order valence-electron chi connectivity index (χ4n) is 2.83. The van der Waals surface area contributed by atoms with Crippen molar-refractivity contribution in [3.8, 4) is 5.75 Å². The van der Waals surface area contributed by atoms with Crippen molar-refractivity contribution in [3.63, 3.8) is 0 Å². The van der Waals surface area contributed by atoms with E-state index >= 15 is 0 Å². The van der Waals surface area contributed by atoms with Gasteiger partial charge in [0.25, 0.3) is 0 Å². The first-order valence-electron chi connectivity index (χ1n) is 7.97. The first-order chi connectivity index (χ1) is 9.83. The molecule has 118 valence electrons. The zero-order valence-corrected chi connectivity index (χ0v) is 13.5. The maximum atomic E-state index is 5.78. The van der Waals surface area contributed by atoms with E-state index in [1.54, 1.807) is 0 Å². The molecular weight excluding hydrogens is 284 g/mol. The first kappa shape index (κ1) is 16.6. The lowest BCUT2D eigenvalue weighted by Gasteiger charge is -2.31. The molecule has 0 bridgehead atoms. The summed E-state index contributed by atoms with van der Waals surface area (Å²) in [7, 11) is 0. The maximum Gasteiger partial charge on any atom is 0.119 e. The highest BCUT2D eigenvalue weighted by Gasteiger charge is 2.22. The molecule has 1 aliphatic heterocycles. The summed E-state index contributed by atoms with van der Waals surface area (Å²) in [5.41, 5.74) is 7.12. The number of piperidine rings is 1. The molecule has 1 aromatic carbocycles. The van der Waals surface area contributed by atoms with Crippen LogP contribution in [0.15, 0.2) is 24.3 Å². The number of halogens is 1. The average Bonchev–Trinajstić information content (AvgIpc) is 3.32. The summed E-state index contributed by atoms with van der Waals surface area (Å²) >= 11 is 0. The van der Waals surface area contributed by atoms with Crippen molar-refractivity contribution in [1.82, 2.24) is 4.90 Å². The van der Waals surface area contributed by atoms with Crippen LogP contribution >= 0.6 is 12.4 Å². The standard InChI is InChI=1S/C17H26N2O.ClH/c18-11-14-7-9-19(10-8-14)12-15-3-5-17(6-4-15)20-13-16-1-2-16;/h3-6,14,16H,1-2,7-13,18H2;1H. The second kappa shape index (κ2) is 8.02. The summed E-state index contributed by atoms with van der Waals surface area (Å²) in [5, 5.41) is 0. The highest BCUT2D eigenvalue weighted by molar-refractivity contribution is 5.85. The first-order valence-corrected chi connectivity index (χ1v) is 7.97. The molecule has 1 aromatic rings. The lowest BCUT2D eigenvalue weighted by Crippen LogP contribution is -2.35. The van der Waals surface area contributed by atoms with Crippen LogP contribution in [0.5, 0.6) is 5.75 Å². The number of likely N-dealkylation sites (tertiary alicyclic amines) is 1. The third-order valence-corrected chi connectivity index (χ3v) is 4.55. The van der Waals surface area contributed by atoms with Gasteiger partial charge in [0, 0.05) is 6.54 Å². The minimum Gasteiger partial charge on any atom is -0.493 e. The summed E-state index contributed by atoms with van der Waals surface area (Å²) in [6, 6.07) is 8.64. The topological polar surface area (TPSA) is 38.5 Å². The molecule has 2 aliphatic rings. The molecular formula is C17H27ClN2O. The van der Waals surface area contributed by atoms with Crippen LogP contribution in [-0.2, 0) is 6.54 Å². The molecule has 21 heavy (non-hydrogen) atoms. The van der Waals surface area contributed by atoms with Crippen LogP contribution in [0, 0.1) is 11.8 Å². The van der Waals surface area contributed by atoms with E-state index < -0.39 is 0 Å². The van der Waals surface area contributed by atoms with Crippen LogP contribution in [0.25, 0.3) is 0 Å². The van der Waals surface area contributed by atoms with Crippen LogP contribution in [0.1, 0.15) is 31.2 Å². The Morgan fingerprint density at radius 2 is 1.67 bits per heavy atom. The second-order valence-electron chi connectivity index (χ2n) is 6.35. The van der Waals surface area contributed by atoms with Crippen LogP contribution in [0.2, 0.25) is 0 Å². The van der Waals surface area contributed by atoms with Gasteiger partial charge in [-0.1, -0.05) is 12.1 Å². The number of ether oxygens (including phenoxy) is 1. The number of nitrogens with zero attached hydrogens (tertiary/aromatic N) is 1. The molecule has 1 saturated carbocycles. The maximum absolute atomic E-state index is 5.78. The van der Waals surface area contributed by atoms with Crippen molar-refractivity contribution < 1.29 is 4.74 Å². The third kappa shape index (κ3) is 5.17. The van der Waals surface area contributed by atoms with Crippen LogP contribution < -0.4 is 10.5 Å². The van der Waals surface area contributed by atoms with Crippen molar-refractivity contribution in [1.29, 1.82) is 0 Å². The van der Waals surface area contributed by atoms with Crippen LogP contribution in [-0.4, -0.2) is 31.1 Å². The number of hydrogen-bond acceptors (Lipinski definition) is 3. The van der Waals surface area contributed by atoms with E-state index in [1.807, 2.05) is 0 Å². The zero-order chi connectivity index (χ0) is 13.8. The van der Waals surface area contributed by atoms with E-state index in [1.165, 1.54) is 44.3 Å². The van der Waals surface area contributed by atoms with Gasteiger partial charge in [0.05, 0.1) is 6.61 Å². The molecule has 2 fully saturated rings. The number of benzene rings is 1. The van der Waals surface area contributed by atoms with E-state index in [0.29, 0.717) is 0 Å². The molecule has 0 unspecified atom stereocenters. The van der Waals surface area contributed by atoms with Crippen LogP contribution in [0.3, 0.4) is 0 Å². The minimum atomic E-state index is 0. The largest absolute Gasteiger partial charge is 0.493 e. The SMILES string of the molecule is Cl.NCC1CCN(Cc2ccc(OCC3CC3)cc2)CC1. The lowest BCUT2D eigenvalue weighted by molar-refractivity contribution is 0.180. The van der Waals surface area contributed by atoms with Gasteiger partial charge < -0.3 is 10.5 Å². The smallest absolute Gasteiger partial charge is 0.119 e. The molecule has 0 amide bonds. The Balaban J connectivity index is 0.00000161. The Labute approximate surface area is 134 Å². The van der Waals surface area contributed by atoms with Gasteiger partial charge >= 0.3 is 0 Å². The Kier molecular flexibility index (Phi) is 6.34. The van der Waals surface area contributed by atoms with Crippen molar-refractivity contribution in [3.05, 3.63) is 29.8 Å². The number of rotatable bonds is 6. The number of hydrogen-bond donors (Lipinski definition) is 1. The molecule has 0 aromatic heterocycles. The average molecular weight is 311 g/mol. The zero-order valence-electron chi connectivity index (χ0n) is 12.7. The van der Waals surface area contributed by atoms with Gasteiger partial charge in [0.2, 0.25) is 0 Å². The lowest BCUT2D eigenvalue weighted by atomic mass is 9.97. The van der Waals surface area contributed by atoms with Gasteiger partial charge in [-0.25, -0.2) is 0 Å². The van der Waals surface area contributed by atoms with E-state index in [9.17, 15) is 0 Å². The molecule has 4 heteroatoms. The molecule has 1 saturated heterocycles. The fraction of sp³-hybridized carbons (Fsp3) is 0.647. The predicted octanol–water partition coefficient (Wildman–Crippen LogP) is 3.07. The molecule has 0 radical (unpaired) electrons. The Bertz CT molecular complexity index is 411. The van der Waals surface area contributed by atoms with Gasteiger partial charge in [-0.2, -0.15) is 0 Å². The summed E-state index contributed by atoms with van der Waals surface area (Å²) in [4.78, 5) is 2.53. The summed E-state index contributed by atoms with van der Waals surface area (Å²) < 4.78 is 5.78. The number of nitrogens with two attached hydrogens (primary N) is 1. The molecule has 3 rings (SSSR count). The Morgan fingerprint density at radius 3 is 2.24 bits per heavy atom. The third-order valence-electron chi connectivity index (χ3n) is 4.55. The molecule has 0 spiro atoms. The van der Waals surface area contributed by atoms with E-state index in [0.717, 1.165) is 37.3 Å². The van der Waals surface area contributed by atoms with Gasteiger partial charge in [0.15, 0.2) is 0 Å². The molecule has 2 N–H and O–H groups in total. The van der Waals surface area contributed by atoms with Crippen molar-refractivity contribution in [2.75, 3.05) is 26.2 Å². The van der Waals surface area contributed by atoms with Gasteiger partial charge in [0.1, 0.15) is 5.75 Å². The van der Waals surface area contributed by atoms with Crippen molar-refractivity contribution >= 4 is 12.4 Å². The van der Waals surface area contributed by atoms with Gasteiger partial charge in [-0.05, 0) is 74.8 Å². The highest BCUT2D eigenvalue weighted by Crippen LogP contribution is 2.29. The van der Waals surface area contributed by atoms with Gasteiger partial charge in [-0.3, -0.25) is 4.90 Å².